The van der Waals surface area contributed by atoms with Crippen molar-refractivity contribution in [1.29, 1.82) is 0 Å². The third-order valence-electron chi connectivity index (χ3n) is 2.61. The van der Waals surface area contributed by atoms with Crippen LogP contribution in [0.15, 0.2) is 18.2 Å². The number of nitrogens with two attached hydrogens (primary N) is 1. The first kappa shape index (κ1) is 9.34. The second kappa shape index (κ2) is 3.88. The highest BCUT2D eigenvalue weighted by molar-refractivity contribution is 5.50. The van der Waals surface area contributed by atoms with E-state index in [4.69, 9.17) is 15.2 Å². The zero-order valence-corrected chi connectivity index (χ0v) is 8.32. The van der Waals surface area contributed by atoms with Crippen LogP contribution in [0.2, 0.25) is 0 Å². The lowest BCUT2D eigenvalue weighted by molar-refractivity contribution is 0.306. The van der Waals surface area contributed by atoms with Crippen molar-refractivity contribution in [3.63, 3.8) is 0 Å². The maximum absolute atomic E-state index is 5.61. The molecule has 3 heteroatoms. The van der Waals surface area contributed by atoms with E-state index >= 15 is 0 Å². The van der Waals surface area contributed by atoms with Gasteiger partial charge in [-0.1, -0.05) is 12.1 Å². The topological polar surface area (TPSA) is 44.5 Å². The highest BCUT2D eigenvalue weighted by Crippen LogP contribution is 2.41. The lowest BCUT2D eigenvalue weighted by Gasteiger charge is -2.07. The monoisotopic (exact) mass is 193 g/mol. The summed E-state index contributed by atoms with van der Waals surface area (Å²) in [6.07, 6.45) is 0.972. The Kier molecular flexibility index (Phi) is 2.59. The minimum Gasteiger partial charge on any atom is -0.493 e. The van der Waals surface area contributed by atoms with E-state index in [-0.39, 0.29) is 0 Å². The Labute approximate surface area is 83.8 Å². The second-order valence-corrected chi connectivity index (χ2v) is 3.46. The van der Waals surface area contributed by atoms with Crippen molar-refractivity contribution in [3.8, 4) is 11.5 Å². The van der Waals surface area contributed by atoms with Crippen LogP contribution in [0.1, 0.15) is 17.9 Å². The quantitative estimate of drug-likeness (QED) is 0.791. The van der Waals surface area contributed by atoms with E-state index in [2.05, 4.69) is 6.07 Å². The van der Waals surface area contributed by atoms with Gasteiger partial charge in [-0.2, -0.15) is 0 Å². The van der Waals surface area contributed by atoms with Crippen molar-refractivity contribution < 1.29 is 9.47 Å². The fourth-order valence-corrected chi connectivity index (χ4v) is 1.88. The number of hydrogen-bond acceptors (Lipinski definition) is 3. The standard InChI is InChI=1S/C11H15NO2/c1-13-10-4-2-3-9-8(5-6-12)7-14-11(9)10/h2-4,8H,5-7,12H2,1H3. The van der Waals surface area contributed by atoms with E-state index in [1.54, 1.807) is 7.11 Å². The molecular formula is C11H15NO2. The van der Waals surface area contributed by atoms with E-state index in [1.807, 2.05) is 12.1 Å². The van der Waals surface area contributed by atoms with Crippen molar-refractivity contribution in [2.24, 2.45) is 5.73 Å². The van der Waals surface area contributed by atoms with Gasteiger partial charge in [0.05, 0.1) is 13.7 Å². The number of ether oxygens (including phenoxy) is 2. The Morgan fingerprint density at radius 2 is 2.43 bits per heavy atom. The number of hydrogen-bond donors (Lipinski definition) is 1. The predicted molar refractivity (Wildman–Crippen MR) is 54.9 cm³/mol. The average molecular weight is 193 g/mol. The average Bonchev–Trinajstić information content (AvgIpc) is 2.62. The Balaban J connectivity index is 2.31. The fraction of sp³-hybridized carbons (Fsp3) is 0.455. The molecule has 2 rings (SSSR count). The maximum Gasteiger partial charge on any atom is 0.164 e. The predicted octanol–water partition coefficient (Wildman–Crippen LogP) is 1.52. The normalized spacial score (nSPS) is 18.9. The van der Waals surface area contributed by atoms with Gasteiger partial charge in [-0.15, -0.1) is 0 Å². The third kappa shape index (κ3) is 1.44. The Morgan fingerprint density at radius 1 is 1.57 bits per heavy atom. The number of fused-ring (bicyclic) bond motifs is 1. The molecule has 14 heavy (non-hydrogen) atoms. The van der Waals surface area contributed by atoms with Gasteiger partial charge in [0.2, 0.25) is 0 Å². The second-order valence-electron chi connectivity index (χ2n) is 3.46. The van der Waals surface area contributed by atoms with Crippen molar-refractivity contribution in [2.45, 2.75) is 12.3 Å². The van der Waals surface area contributed by atoms with Crippen molar-refractivity contribution in [1.82, 2.24) is 0 Å². The van der Waals surface area contributed by atoms with E-state index in [0.29, 0.717) is 12.5 Å². The molecule has 0 bridgehead atoms. The van der Waals surface area contributed by atoms with Crippen LogP contribution >= 0.6 is 0 Å². The molecule has 0 aromatic heterocycles. The largest absolute Gasteiger partial charge is 0.493 e. The summed E-state index contributed by atoms with van der Waals surface area (Å²) >= 11 is 0. The Morgan fingerprint density at radius 3 is 3.14 bits per heavy atom. The van der Waals surface area contributed by atoms with Crippen LogP contribution in [-0.4, -0.2) is 20.3 Å². The molecule has 1 aromatic carbocycles. The Hall–Kier alpha value is -1.22. The fourth-order valence-electron chi connectivity index (χ4n) is 1.88. The van der Waals surface area contributed by atoms with Crippen molar-refractivity contribution in [3.05, 3.63) is 23.8 Å². The first-order chi connectivity index (χ1) is 6.86. The number of rotatable bonds is 3. The van der Waals surface area contributed by atoms with Crippen LogP contribution < -0.4 is 15.2 Å². The summed E-state index contributed by atoms with van der Waals surface area (Å²) < 4.78 is 10.8. The van der Waals surface area contributed by atoms with E-state index in [0.717, 1.165) is 24.5 Å². The summed E-state index contributed by atoms with van der Waals surface area (Å²) in [5.41, 5.74) is 6.78. The van der Waals surface area contributed by atoms with Gasteiger partial charge in [-0.05, 0) is 19.0 Å². The smallest absolute Gasteiger partial charge is 0.164 e. The van der Waals surface area contributed by atoms with Crippen LogP contribution in [0.5, 0.6) is 11.5 Å². The van der Waals surface area contributed by atoms with Gasteiger partial charge in [0, 0.05) is 11.5 Å². The summed E-state index contributed by atoms with van der Waals surface area (Å²) in [4.78, 5) is 0. The van der Waals surface area contributed by atoms with Gasteiger partial charge in [-0.25, -0.2) is 0 Å². The summed E-state index contributed by atoms with van der Waals surface area (Å²) in [5, 5.41) is 0. The SMILES string of the molecule is COc1cccc2c1OCC2CCN. The summed E-state index contributed by atoms with van der Waals surface area (Å²) in [6, 6.07) is 6.00. The molecule has 0 saturated carbocycles. The lowest BCUT2D eigenvalue weighted by Crippen LogP contribution is -2.08. The van der Waals surface area contributed by atoms with E-state index < -0.39 is 0 Å². The van der Waals surface area contributed by atoms with Crippen LogP contribution in [0.25, 0.3) is 0 Å². The molecule has 2 N–H and O–H groups in total. The van der Waals surface area contributed by atoms with Gasteiger partial charge >= 0.3 is 0 Å². The third-order valence-corrected chi connectivity index (χ3v) is 2.61. The van der Waals surface area contributed by atoms with Crippen LogP contribution in [-0.2, 0) is 0 Å². The van der Waals surface area contributed by atoms with E-state index in [9.17, 15) is 0 Å². The molecule has 0 fully saturated rings. The molecule has 1 heterocycles. The molecule has 0 radical (unpaired) electrons. The molecule has 1 aromatic rings. The number of para-hydroxylation sites is 1. The summed E-state index contributed by atoms with van der Waals surface area (Å²) in [5.74, 6) is 2.15. The molecule has 0 spiro atoms. The molecular weight excluding hydrogens is 178 g/mol. The number of methoxy groups -OCH3 is 1. The van der Waals surface area contributed by atoms with Gasteiger partial charge in [0.1, 0.15) is 0 Å². The molecule has 76 valence electrons. The first-order valence-corrected chi connectivity index (χ1v) is 4.86. The Bertz CT molecular complexity index is 325. The zero-order valence-electron chi connectivity index (χ0n) is 8.32. The summed E-state index contributed by atoms with van der Waals surface area (Å²) in [7, 11) is 1.66. The lowest BCUT2D eigenvalue weighted by atomic mass is 9.98. The van der Waals surface area contributed by atoms with Gasteiger partial charge < -0.3 is 15.2 Å². The molecule has 0 saturated heterocycles. The minimum absolute atomic E-state index is 0.435. The highest BCUT2D eigenvalue weighted by atomic mass is 16.5. The molecule has 0 amide bonds. The van der Waals surface area contributed by atoms with Crippen LogP contribution in [0.3, 0.4) is 0 Å². The van der Waals surface area contributed by atoms with Gasteiger partial charge in [-0.3, -0.25) is 0 Å². The van der Waals surface area contributed by atoms with Gasteiger partial charge in [0.25, 0.3) is 0 Å². The molecule has 1 aliphatic rings. The highest BCUT2D eigenvalue weighted by Gasteiger charge is 2.25. The van der Waals surface area contributed by atoms with Crippen molar-refractivity contribution in [2.75, 3.05) is 20.3 Å². The molecule has 0 aliphatic carbocycles. The molecule has 1 atom stereocenters. The van der Waals surface area contributed by atoms with Crippen molar-refractivity contribution >= 4 is 0 Å². The zero-order chi connectivity index (χ0) is 9.97. The minimum atomic E-state index is 0.435. The van der Waals surface area contributed by atoms with Crippen LogP contribution in [0.4, 0.5) is 0 Å². The number of benzene rings is 1. The molecule has 1 unspecified atom stereocenters. The molecule has 1 aliphatic heterocycles. The first-order valence-electron chi connectivity index (χ1n) is 4.86. The van der Waals surface area contributed by atoms with Gasteiger partial charge in [0.15, 0.2) is 11.5 Å². The maximum atomic E-state index is 5.61. The van der Waals surface area contributed by atoms with Crippen LogP contribution in [0, 0.1) is 0 Å². The molecule has 3 nitrogen and oxygen atoms in total. The summed E-state index contributed by atoms with van der Waals surface area (Å²) in [6.45, 7) is 1.43. The van der Waals surface area contributed by atoms with E-state index in [1.165, 1.54) is 5.56 Å².